The van der Waals surface area contributed by atoms with Crippen molar-refractivity contribution in [1.82, 2.24) is 9.38 Å². The normalized spacial score (nSPS) is 10.9. The lowest BCUT2D eigenvalue weighted by Gasteiger charge is -2.18. The molecule has 0 saturated carbocycles. The minimum atomic E-state index is -0.297. The number of benzene rings is 1. The van der Waals surface area contributed by atoms with Crippen molar-refractivity contribution in [2.45, 2.75) is 33.1 Å². The van der Waals surface area contributed by atoms with Crippen molar-refractivity contribution in [3.8, 4) is 0 Å². The van der Waals surface area contributed by atoms with Crippen LogP contribution in [-0.2, 0) is 11.2 Å². The monoisotopic (exact) mass is 432 g/mol. The fourth-order valence-corrected chi connectivity index (χ4v) is 3.37. The Morgan fingerprint density at radius 1 is 1.21 bits per heavy atom. The van der Waals surface area contributed by atoms with Gasteiger partial charge >= 0.3 is 0 Å². The Kier molecular flexibility index (Phi) is 6.77. The van der Waals surface area contributed by atoms with E-state index in [1.165, 1.54) is 0 Å². The number of rotatable bonds is 8. The molecular weight excluding hydrogens is 411 g/mol. The van der Waals surface area contributed by atoms with Crippen molar-refractivity contribution in [2.75, 3.05) is 16.8 Å². The Morgan fingerprint density at radius 3 is 2.66 bits per heavy atom. The molecule has 0 aliphatic carbocycles. The van der Waals surface area contributed by atoms with Crippen LogP contribution in [0, 0.1) is 0 Å². The highest BCUT2D eigenvalue weighted by Gasteiger charge is 2.18. The predicted molar refractivity (Wildman–Crippen MR) is 117 cm³/mol. The highest BCUT2D eigenvalue weighted by Crippen LogP contribution is 2.26. The maximum atomic E-state index is 12.7. The molecule has 2 amide bonds. The first-order valence-electron chi connectivity index (χ1n) is 9.47. The van der Waals surface area contributed by atoms with Crippen LogP contribution in [0.2, 0.25) is 10.0 Å². The minimum Gasteiger partial charge on any atom is -0.322 e. The third-order valence-electron chi connectivity index (χ3n) is 4.59. The van der Waals surface area contributed by atoms with E-state index in [-0.39, 0.29) is 5.91 Å². The van der Waals surface area contributed by atoms with Crippen molar-refractivity contribution < 1.29 is 9.59 Å². The van der Waals surface area contributed by atoms with Crippen LogP contribution in [0.15, 0.2) is 36.5 Å². The zero-order valence-corrected chi connectivity index (χ0v) is 17.8. The smallest absolute Gasteiger partial charge is 0.257 e. The van der Waals surface area contributed by atoms with E-state index in [0.29, 0.717) is 45.7 Å². The number of fused-ring (bicyclic) bond motifs is 1. The highest BCUT2D eigenvalue weighted by atomic mass is 35.5. The SMILES string of the molecule is CCCCN(C=O)c1c(CC)nc2ccc(C(=O)Nc3ccc(Cl)c(Cl)c3)cn12. The third kappa shape index (κ3) is 4.54. The number of pyridine rings is 1. The molecule has 29 heavy (non-hydrogen) atoms. The highest BCUT2D eigenvalue weighted by molar-refractivity contribution is 6.42. The first-order valence-corrected chi connectivity index (χ1v) is 10.2. The molecule has 2 heterocycles. The minimum absolute atomic E-state index is 0.297. The molecule has 3 rings (SSSR count). The average molecular weight is 433 g/mol. The molecule has 0 fully saturated rings. The van der Waals surface area contributed by atoms with Crippen LogP contribution in [0.5, 0.6) is 0 Å². The van der Waals surface area contributed by atoms with Crippen molar-refractivity contribution in [3.05, 3.63) is 57.8 Å². The van der Waals surface area contributed by atoms with E-state index >= 15 is 0 Å². The maximum absolute atomic E-state index is 12.7. The molecule has 0 aliphatic heterocycles. The lowest BCUT2D eigenvalue weighted by molar-refractivity contribution is -0.107. The molecule has 0 spiro atoms. The number of aryl methyl sites for hydroxylation is 1. The summed E-state index contributed by atoms with van der Waals surface area (Å²) in [6, 6.07) is 8.38. The van der Waals surface area contributed by atoms with Crippen LogP contribution in [-0.4, -0.2) is 28.2 Å². The molecule has 0 bridgehead atoms. The van der Waals surface area contributed by atoms with Crippen molar-refractivity contribution in [2.24, 2.45) is 0 Å². The van der Waals surface area contributed by atoms with E-state index < -0.39 is 0 Å². The molecule has 1 aromatic carbocycles. The summed E-state index contributed by atoms with van der Waals surface area (Å²) in [7, 11) is 0. The summed E-state index contributed by atoms with van der Waals surface area (Å²) in [4.78, 5) is 30.7. The third-order valence-corrected chi connectivity index (χ3v) is 5.33. The number of amides is 2. The molecule has 0 unspecified atom stereocenters. The Balaban J connectivity index is 1.97. The van der Waals surface area contributed by atoms with Gasteiger partial charge in [0.2, 0.25) is 6.41 Å². The summed E-state index contributed by atoms with van der Waals surface area (Å²) in [5.41, 5.74) is 2.48. The number of carbonyl (C=O) groups is 2. The van der Waals surface area contributed by atoms with Crippen molar-refractivity contribution >= 4 is 52.7 Å². The van der Waals surface area contributed by atoms with Gasteiger partial charge in [-0.1, -0.05) is 43.5 Å². The van der Waals surface area contributed by atoms with Crippen LogP contribution in [0.25, 0.3) is 5.65 Å². The zero-order chi connectivity index (χ0) is 21.0. The van der Waals surface area contributed by atoms with Crippen LogP contribution in [0.4, 0.5) is 11.5 Å². The van der Waals surface area contributed by atoms with Gasteiger partial charge in [-0.25, -0.2) is 4.98 Å². The summed E-state index contributed by atoms with van der Waals surface area (Å²) in [5.74, 6) is 0.407. The van der Waals surface area contributed by atoms with Gasteiger partial charge in [-0.15, -0.1) is 0 Å². The lowest BCUT2D eigenvalue weighted by atomic mass is 10.2. The van der Waals surface area contributed by atoms with Crippen LogP contribution < -0.4 is 10.2 Å². The Hall–Kier alpha value is -2.57. The molecule has 0 atom stereocenters. The topological polar surface area (TPSA) is 66.7 Å². The molecule has 0 radical (unpaired) electrons. The first-order chi connectivity index (χ1) is 14.0. The van der Waals surface area contributed by atoms with E-state index in [1.807, 2.05) is 6.92 Å². The number of hydrogen-bond acceptors (Lipinski definition) is 3. The zero-order valence-electron chi connectivity index (χ0n) is 16.3. The van der Waals surface area contributed by atoms with Gasteiger partial charge in [0, 0.05) is 18.4 Å². The number of nitrogens with one attached hydrogen (secondary N) is 1. The second-order valence-electron chi connectivity index (χ2n) is 6.62. The molecule has 6 nitrogen and oxygen atoms in total. The quantitative estimate of drug-likeness (QED) is 0.496. The van der Waals surface area contributed by atoms with E-state index in [2.05, 4.69) is 17.2 Å². The first kappa shape index (κ1) is 21.1. The summed E-state index contributed by atoms with van der Waals surface area (Å²) >= 11 is 11.9. The van der Waals surface area contributed by atoms with Gasteiger partial charge < -0.3 is 5.32 Å². The number of halogens is 2. The van der Waals surface area contributed by atoms with Crippen LogP contribution >= 0.6 is 23.2 Å². The van der Waals surface area contributed by atoms with Gasteiger partial charge in [-0.2, -0.15) is 0 Å². The molecule has 8 heteroatoms. The lowest BCUT2D eigenvalue weighted by Crippen LogP contribution is -2.25. The second kappa shape index (κ2) is 9.29. The van der Waals surface area contributed by atoms with Gasteiger partial charge in [-0.3, -0.25) is 18.9 Å². The summed E-state index contributed by atoms with van der Waals surface area (Å²) in [6.45, 7) is 4.66. The Morgan fingerprint density at radius 2 is 2.00 bits per heavy atom. The van der Waals surface area contributed by atoms with Gasteiger partial charge in [0.15, 0.2) is 0 Å². The number of nitrogens with zero attached hydrogens (tertiary/aromatic N) is 3. The Labute approximate surface area is 179 Å². The average Bonchev–Trinajstić information content (AvgIpc) is 3.09. The number of unbranched alkanes of at least 4 members (excludes halogenated alkanes) is 1. The predicted octanol–water partition coefficient (Wildman–Crippen LogP) is 5.22. The summed E-state index contributed by atoms with van der Waals surface area (Å²) in [5, 5.41) is 3.59. The number of imidazole rings is 1. The molecule has 152 valence electrons. The van der Waals surface area contributed by atoms with Crippen LogP contribution in [0.3, 0.4) is 0 Å². The van der Waals surface area contributed by atoms with E-state index in [9.17, 15) is 9.59 Å². The van der Waals surface area contributed by atoms with Crippen molar-refractivity contribution in [3.63, 3.8) is 0 Å². The second-order valence-corrected chi connectivity index (χ2v) is 7.43. The van der Waals surface area contributed by atoms with Crippen molar-refractivity contribution in [1.29, 1.82) is 0 Å². The largest absolute Gasteiger partial charge is 0.322 e. The maximum Gasteiger partial charge on any atom is 0.257 e. The number of anilines is 2. The summed E-state index contributed by atoms with van der Waals surface area (Å²) in [6.07, 6.45) is 5.05. The number of aromatic nitrogens is 2. The van der Waals surface area contributed by atoms with Gasteiger partial charge in [-0.05, 0) is 43.2 Å². The summed E-state index contributed by atoms with van der Waals surface area (Å²) < 4.78 is 1.80. The fraction of sp³-hybridized carbons (Fsp3) is 0.286. The van der Waals surface area contributed by atoms with E-state index in [1.54, 1.807) is 45.8 Å². The number of carbonyl (C=O) groups excluding carboxylic acids is 2. The number of hydrogen-bond donors (Lipinski definition) is 1. The molecule has 2 aromatic heterocycles. The molecule has 1 N–H and O–H groups in total. The molecule has 0 aliphatic rings. The van der Waals surface area contributed by atoms with Crippen LogP contribution in [0.1, 0.15) is 42.7 Å². The molecule has 3 aromatic rings. The standard InChI is InChI=1S/C21H22Cl2N4O2/c1-3-5-10-26(13-28)21-18(4-2)25-19-9-6-14(12-27(19)21)20(29)24-15-7-8-16(22)17(23)11-15/h6-9,11-13H,3-5,10H2,1-2H3,(H,24,29). The van der Waals surface area contributed by atoms with Gasteiger partial charge in [0.1, 0.15) is 11.5 Å². The van der Waals surface area contributed by atoms with E-state index in [4.69, 9.17) is 23.2 Å². The fourth-order valence-electron chi connectivity index (χ4n) is 3.07. The van der Waals surface area contributed by atoms with Gasteiger partial charge in [0.25, 0.3) is 5.91 Å². The van der Waals surface area contributed by atoms with E-state index in [0.717, 1.165) is 24.9 Å². The molecular formula is C21H22Cl2N4O2. The molecule has 0 saturated heterocycles. The Bertz CT molecular complexity index is 1050. The van der Waals surface area contributed by atoms with Gasteiger partial charge in [0.05, 0.1) is 21.3 Å².